The van der Waals surface area contributed by atoms with Crippen LogP contribution >= 0.6 is 27.5 Å². The minimum Gasteiger partial charge on any atom is -0.394 e. The lowest BCUT2D eigenvalue weighted by molar-refractivity contribution is 0.0897. The second-order valence-corrected chi connectivity index (χ2v) is 5.34. The summed E-state index contributed by atoms with van der Waals surface area (Å²) in [4.78, 5) is 12.0. The third kappa shape index (κ3) is 3.69. The SMILES string of the molecule is CC(C)[C@@H](CO)NC(=O)c1cccc(Br)c1Cl. The van der Waals surface area contributed by atoms with Crippen molar-refractivity contribution in [2.45, 2.75) is 19.9 Å². The van der Waals surface area contributed by atoms with Crippen LogP contribution in [0.2, 0.25) is 5.02 Å². The van der Waals surface area contributed by atoms with Crippen molar-refractivity contribution < 1.29 is 9.90 Å². The summed E-state index contributed by atoms with van der Waals surface area (Å²) in [6.45, 7) is 3.78. The third-order valence-corrected chi connectivity index (χ3v) is 3.81. The number of benzene rings is 1. The average molecular weight is 321 g/mol. The number of carbonyl (C=O) groups is 1. The Bertz CT molecular complexity index is 409. The number of aliphatic hydroxyl groups excluding tert-OH is 1. The number of amides is 1. The lowest BCUT2D eigenvalue weighted by Crippen LogP contribution is -2.41. The van der Waals surface area contributed by atoms with Gasteiger partial charge in [0.2, 0.25) is 0 Å². The number of nitrogens with one attached hydrogen (secondary N) is 1. The summed E-state index contributed by atoms with van der Waals surface area (Å²) in [5, 5.41) is 12.3. The van der Waals surface area contributed by atoms with Gasteiger partial charge in [0.25, 0.3) is 5.91 Å². The van der Waals surface area contributed by atoms with Crippen LogP contribution < -0.4 is 5.32 Å². The zero-order valence-electron chi connectivity index (χ0n) is 9.71. The van der Waals surface area contributed by atoms with E-state index >= 15 is 0 Å². The monoisotopic (exact) mass is 319 g/mol. The van der Waals surface area contributed by atoms with Crippen molar-refractivity contribution in [1.29, 1.82) is 0 Å². The molecule has 17 heavy (non-hydrogen) atoms. The molecule has 0 aliphatic heterocycles. The summed E-state index contributed by atoms with van der Waals surface area (Å²) in [7, 11) is 0. The summed E-state index contributed by atoms with van der Waals surface area (Å²) < 4.78 is 0.678. The fourth-order valence-corrected chi connectivity index (χ4v) is 1.93. The van der Waals surface area contributed by atoms with E-state index in [9.17, 15) is 4.79 Å². The quantitative estimate of drug-likeness (QED) is 0.896. The summed E-state index contributed by atoms with van der Waals surface area (Å²) in [5.41, 5.74) is 0.403. The van der Waals surface area contributed by atoms with Crippen LogP contribution in [0.4, 0.5) is 0 Å². The summed E-state index contributed by atoms with van der Waals surface area (Å²) in [6.07, 6.45) is 0. The van der Waals surface area contributed by atoms with Gasteiger partial charge in [-0.15, -0.1) is 0 Å². The molecule has 1 atom stereocenters. The number of hydrogen-bond acceptors (Lipinski definition) is 2. The molecule has 0 radical (unpaired) electrons. The van der Waals surface area contributed by atoms with Crippen LogP contribution in [0.25, 0.3) is 0 Å². The van der Waals surface area contributed by atoms with Crippen molar-refractivity contribution >= 4 is 33.4 Å². The molecule has 2 N–H and O–H groups in total. The van der Waals surface area contributed by atoms with Crippen LogP contribution in [-0.4, -0.2) is 23.7 Å². The number of aliphatic hydroxyl groups is 1. The number of halogens is 2. The van der Waals surface area contributed by atoms with Crippen molar-refractivity contribution in [3.8, 4) is 0 Å². The van der Waals surface area contributed by atoms with Crippen molar-refractivity contribution in [3.05, 3.63) is 33.3 Å². The fraction of sp³-hybridized carbons (Fsp3) is 0.417. The normalized spacial score (nSPS) is 12.6. The predicted molar refractivity (Wildman–Crippen MR) is 72.3 cm³/mol. The Labute approximate surface area is 114 Å². The molecule has 0 aliphatic rings. The molecule has 5 heteroatoms. The maximum Gasteiger partial charge on any atom is 0.253 e. The Morgan fingerprint density at radius 2 is 2.18 bits per heavy atom. The van der Waals surface area contributed by atoms with Crippen LogP contribution in [0.3, 0.4) is 0 Å². The van der Waals surface area contributed by atoms with E-state index in [2.05, 4.69) is 21.2 Å². The topological polar surface area (TPSA) is 49.3 Å². The first kappa shape index (κ1) is 14.5. The second kappa shape index (κ2) is 6.38. The summed E-state index contributed by atoms with van der Waals surface area (Å²) in [5.74, 6) is -0.112. The average Bonchev–Trinajstić information content (AvgIpc) is 2.28. The smallest absolute Gasteiger partial charge is 0.253 e. The number of rotatable bonds is 4. The molecular weight excluding hydrogens is 305 g/mol. The van der Waals surface area contributed by atoms with Crippen LogP contribution in [0, 0.1) is 5.92 Å². The molecular formula is C12H15BrClNO2. The zero-order valence-corrected chi connectivity index (χ0v) is 12.0. The predicted octanol–water partition coefficient (Wildman–Crippen LogP) is 2.85. The highest BCUT2D eigenvalue weighted by atomic mass is 79.9. The molecule has 94 valence electrons. The van der Waals surface area contributed by atoms with Crippen LogP contribution in [-0.2, 0) is 0 Å². The largest absolute Gasteiger partial charge is 0.394 e. The lowest BCUT2D eigenvalue weighted by Gasteiger charge is -2.20. The van der Waals surface area contributed by atoms with Crippen molar-refractivity contribution in [3.63, 3.8) is 0 Å². The maximum atomic E-state index is 12.0. The molecule has 1 aromatic rings. The van der Waals surface area contributed by atoms with Gasteiger partial charge >= 0.3 is 0 Å². The molecule has 0 unspecified atom stereocenters. The first-order chi connectivity index (χ1) is 7.97. The van der Waals surface area contributed by atoms with Gasteiger partial charge in [-0.25, -0.2) is 0 Å². The third-order valence-electron chi connectivity index (χ3n) is 2.51. The van der Waals surface area contributed by atoms with E-state index in [0.29, 0.717) is 15.1 Å². The highest BCUT2D eigenvalue weighted by Gasteiger charge is 2.18. The van der Waals surface area contributed by atoms with Gasteiger partial charge < -0.3 is 10.4 Å². The Morgan fingerprint density at radius 1 is 1.53 bits per heavy atom. The number of carbonyl (C=O) groups excluding carboxylic acids is 1. The van der Waals surface area contributed by atoms with E-state index in [4.69, 9.17) is 16.7 Å². The molecule has 1 aromatic carbocycles. The van der Waals surface area contributed by atoms with Gasteiger partial charge in [-0.2, -0.15) is 0 Å². The Morgan fingerprint density at radius 3 is 2.71 bits per heavy atom. The van der Waals surface area contributed by atoms with Gasteiger partial charge in [0.1, 0.15) is 0 Å². The minimum atomic E-state index is -0.274. The van der Waals surface area contributed by atoms with Gasteiger partial charge in [0.15, 0.2) is 0 Å². The lowest BCUT2D eigenvalue weighted by atomic mass is 10.0. The van der Waals surface area contributed by atoms with E-state index in [1.807, 2.05) is 13.8 Å². The molecule has 1 rings (SSSR count). The molecule has 0 saturated carbocycles. The van der Waals surface area contributed by atoms with Crippen molar-refractivity contribution in [2.24, 2.45) is 5.92 Å². The molecule has 0 aromatic heterocycles. The molecule has 3 nitrogen and oxygen atoms in total. The first-order valence-corrected chi connectivity index (χ1v) is 6.50. The first-order valence-electron chi connectivity index (χ1n) is 5.33. The molecule has 0 bridgehead atoms. The highest BCUT2D eigenvalue weighted by Crippen LogP contribution is 2.26. The van der Waals surface area contributed by atoms with Gasteiger partial charge in [-0.05, 0) is 34.0 Å². The summed E-state index contributed by atoms with van der Waals surface area (Å²) in [6, 6.07) is 4.90. The van der Waals surface area contributed by atoms with Crippen LogP contribution in [0.5, 0.6) is 0 Å². The second-order valence-electron chi connectivity index (χ2n) is 4.11. The van der Waals surface area contributed by atoms with Crippen LogP contribution in [0.15, 0.2) is 22.7 Å². The van der Waals surface area contributed by atoms with Crippen molar-refractivity contribution in [1.82, 2.24) is 5.32 Å². The number of hydrogen-bond donors (Lipinski definition) is 2. The van der Waals surface area contributed by atoms with Gasteiger partial charge in [-0.3, -0.25) is 4.79 Å². The van der Waals surface area contributed by atoms with Crippen molar-refractivity contribution in [2.75, 3.05) is 6.61 Å². The van der Waals surface area contributed by atoms with E-state index in [0.717, 1.165) is 0 Å². The maximum absolute atomic E-state index is 12.0. The van der Waals surface area contributed by atoms with Gasteiger partial charge in [0, 0.05) is 4.47 Å². The van der Waals surface area contributed by atoms with E-state index in [1.54, 1.807) is 18.2 Å². The van der Waals surface area contributed by atoms with Crippen LogP contribution in [0.1, 0.15) is 24.2 Å². The molecule has 0 fully saturated rings. The van der Waals surface area contributed by atoms with E-state index in [-0.39, 0.29) is 24.5 Å². The van der Waals surface area contributed by atoms with E-state index in [1.165, 1.54) is 0 Å². The Kier molecular flexibility index (Phi) is 5.43. The molecule has 0 aliphatic carbocycles. The minimum absolute atomic E-state index is 0.0883. The van der Waals surface area contributed by atoms with Gasteiger partial charge in [-0.1, -0.05) is 31.5 Å². The van der Waals surface area contributed by atoms with Gasteiger partial charge in [0.05, 0.1) is 23.2 Å². The fourth-order valence-electron chi connectivity index (χ4n) is 1.35. The molecule has 0 heterocycles. The Balaban J connectivity index is 2.86. The Hall–Kier alpha value is -0.580. The molecule has 0 spiro atoms. The standard InChI is InChI=1S/C12H15BrClNO2/c1-7(2)10(6-16)15-12(17)8-4-3-5-9(13)11(8)14/h3-5,7,10,16H,6H2,1-2H3,(H,15,17)/t10-/m1/s1. The van der Waals surface area contributed by atoms with E-state index < -0.39 is 0 Å². The molecule has 1 amide bonds. The summed E-state index contributed by atoms with van der Waals surface area (Å²) >= 11 is 9.29. The molecule has 0 saturated heterocycles. The zero-order chi connectivity index (χ0) is 13.0. The highest BCUT2D eigenvalue weighted by molar-refractivity contribution is 9.10.